The molecule has 1 atom stereocenters. The zero-order chi connectivity index (χ0) is 13.9. The summed E-state index contributed by atoms with van der Waals surface area (Å²) in [5.74, 6) is 1.84. The summed E-state index contributed by atoms with van der Waals surface area (Å²) in [5, 5.41) is 12.8. The van der Waals surface area contributed by atoms with Gasteiger partial charge in [0.25, 0.3) is 0 Å². The van der Waals surface area contributed by atoms with Crippen LogP contribution in [0.4, 0.5) is 0 Å². The van der Waals surface area contributed by atoms with Crippen LogP contribution in [0.5, 0.6) is 0 Å². The summed E-state index contributed by atoms with van der Waals surface area (Å²) in [4.78, 5) is 17.4. The van der Waals surface area contributed by atoms with Gasteiger partial charge in [0.1, 0.15) is 0 Å². The number of aliphatic carboxylic acids is 1. The minimum atomic E-state index is -0.700. The van der Waals surface area contributed by atoms with E-state index >= 15 is 0 Å². The average Bonchev–Trinajstić information content (AvgIpc) is 3.18. The molecule has 0 bridgehead atoms. The van der Waals surface area contributed by atoms with Crippen molar-refractivity contribution in [1.82, 2.24) is 15.0 Å². The van der Waals surface area contributed by atoms with Gasteiger partial charge in [0.2, 0.25) is 5.89 Å². The molecule has 1 aliphatic carbocycles. The summed E-state index contributed by atoms with van der Waals surface area (Å²) >= 11 is 0. The van der Waals surface area contributed by atoms with Crippen molar-refractivity contribution >= 4 is 5.97 Å². The van der Waals surface area contributed by atoms with E-state index in [0.717, 1.165) is 50.6 Å². The van der Waals surface area contributed by atoms with Crippen LogP contribution in [-0.2, 0) is 11.3 Å². The first-order valence-corrected chi connectivity index (χ1v) is 7.47. The number of carboxylic acid groups (broad SMARTS) is 1. The number of hydrogen-bond donors (Lipinski definition) is 1. The summed E-state index contributed by atoms with van der Waals surface area (Å²) in [6.45, 7) is 2.71. The molecule has 1 aromatic rings. The largest absolute Gasteiger partial charge is 0.481 e. The van der Waals surface area contributed by atoms with Crippen LogP contribution in [-0.4, -0.2) is 39.2 Å². The highest BCUT2D eigenvalue weighted by molar-refractivity contribution is 5.66. The van der Waals surface area contributed by atoms with E-state index in [-0.39, 0.29) is 6.42 Å². The van der Waals surface area contributed by atoms with Crippen LogP contribution in [0.2, 0.25) is 0 Å². The van der Waals surface area contributed by atoms with E-state index in [1.807, 2.05) is 0 Å². The van der Waals surface area contributed by atoms with Crippen LogP contribution < -0.4 is 0 Å². The predicted octanol–water partition coefficient (Wildman–Crippen LogP) is 2.02. The van der Waals surface area contributed by atoms with Crippen molar-refractivity contribution in [2.24, 2.45) is 5.92 Å². The molecular weight excluding hydrogens is 258 g/mol. The van der Waals surface area contributed by atoms with Crippen molar-refractivity contribution in [2.75, 3.05) is 13.1 Å². The van der Waals surface area contributed by atoms with Gasteiger partial charge in [0.05, 0.1) is 6.54 Å². The Morgan fingerprint density at radius 1 is 1.40 bits per heavy atom. The molecule has 110 valence electrons. The summed E-state index contributed by atoms with van der Waals surface area (Å²) in [7, 11) is 0. The normalized spacial score (nSPS) is 23.9. The molecule has 6 heteroatoms. The van der Waals surface area contributed by atoms with Crippen molar-refractivity contribution in [1.29, 1.82) is 0 Å². The van der Waals surface area contributed by atoms with Crippen LogP contribution in [0, 0.1) is 5.92 Å². The molecule has 0 radical (unpaired) electrons. The second-order valence-corrected chi connectivity index (χ2v) is 6.00. The Morgan fingerprint density at radius 3 is 3.00 bits per heavy atom. The Kier molecular flexibility index (Phi) is 4.00. The third kappa shape index (κ3) is 3.56. The van der Waals surface area contributed by atoms with Crippen LogP contribution in [0.1, 0.15) is 56.2 Å². The molecule has 1 aromatic heterocycles. The number of likely N-dealkylation sites (tertiary alicyclic amines) is 1. The molecule has 1 saturated carbocycles. The van der Waals surface area contributed by atoms with Gasteiger partial charge in [-0.1, -0.05) is 5.16 Å². The zero-order valence-corrected chi connectivity index (χ0v) is 11.6. The number of carboxylic acids is 1. The van der Waals surface area contributed by atoms with Crippen molar-refractivity contribution in [3.8, 4) is 0 Å². The Morgan fingerprint density at radius 2 is 2.25 bits per heavy atom. The zero-order valence-electron chi connectivity index (χ0n) is 11.6. The molecule has 2 aliphatic rings. The smallest absolute Gasteiger partial charge is 0.303 e. The van der Waals surface area contributed by atoms with Gasteiger partial charge in [-0.3, -0.25) is 9.69 Å². The summed E-state index contributed by atoms with van der Waals surface area (Å²) in [5.41, 5.74) is 0. The summed E-state index contributed by atoms with van der Waals surface area (Å²) < 4.78 is 5.27. The van der Waals surface area contributed by atoms with Crippen LogP contribution >= 0.6 is 0 Å². The first kappa shape index (κ1) is 13.5. The lowest BCUT2D eigenvalue weighted by atomic mass is 9.93. The second-order valence-electron chi connectivity index (χ2n) is 6.00. The molecule has 20 heavy (non-hydrogen) atoms. The first-order chi connectivity index (χ1) is 9.70. The average molecular weight is 279 g/mol. The monoisotopic (exact) mass is 279 g/mol. The maximum Gasteiger partial charge on any atom is 0.303 e. The highest BCUT2D eigenvalue weighted by Crippen LogP contribution is 2.38. The fourth-order valence-electron chi connectivity index (χ4n) is 2.89. The molecule has 0 aromatic carbocycles. The fraction of sp³-hybridized carbons (Fsp3) is 0.786. The van der Waals surface area contributed by atoms with Crippen LogP contribution in [0.25, 0.3) is 0 Å². The Labute approximate surface area is 118 Å². The SMILES string of the molecule is O=C(O)CCC1CCCN(Cc2noc(C3CC3)n2)C1. The number of hydrogen-bond acceptors (Lipinski definition) is 5. The fourth-order valence-corrected chi connectivity index (χ4v) is 2.89. The molecule has 1 saturated heterocycles. The predicted molar refractivity (Wildman–Crippen MR) is 71.1 cm³/mol. The topological polar surface area (TPSA) is 79.5 Å². The lowest BCUT2D eigenvalue weighted by molar-refractivity contribution is -0.137. The molecular formula is C14H21N3O3. The van der Waals surface area contributed by atoms with Gasteiger partial charge in [0, 0.05) is 18.9 Å². The Hall–Kier alpha value is -1.43. The van der Waals surface area contributed by atoms with Gasteiger partial charge < -0.3 is 9.63 Å². The maximum absolute atomic E-state index is 10.6. The van der Waals surface area contributed by atoms with E-state index in [2.05, 4.69) is 15.0 Å². The molecule has 3 rings (SSSR count). The van der Waals surface area contributed by atoms with E-state index in [4.69, 9.17) is 9.63 Å². The number of piperidine rings is 1. The quantitative estimate of drug-likeness (QED) is 0.858. The third-order valence-electron chi connectivity index (χ3n) is 4.14. The van der Waals surface area contributed by atoms with Gasteiger partial charge in [-0.15, -0.1) is 0 Å². The van der Waals surface area contributed by atoms with Gasteiger partial charge in [-0.05, 0) is 44.6 Å². The maximum atomic E-state index is 10.6. The number of aromatic nitrogens is 2. The van der Waals surface area contributed by atoms with E-state index in [1.165, 1.54) is 12.8 Å². The highest BCUT2D eigenvalue weighted by atomic mass is 16.5. The molecule has 1 N–H and O–H groups in total. The molecule has 1 aliphatic heterocycles. The van der Waals surface area contributed by atoms with Crippen molar-refractivity contribution in [3.05, 3.63) is 11.7 Å². The second kappa shape index (κ2) is 5.91. The molecule has 6 nitrogen and oxygen atoms in total. The highest BCUT2D eigenvalue weighted by Gasteiger charge is 2.30. The van der Waals surface area contributed by atoms with Gasteiger partial charge in [-0.25, -0.2) is 0 Å². The Bertz CT molecular complexity index is 470. The van der Waals surface area contributed by atoms with E-state index < -0.39 is 5.97 Å². The lowest BCUT2D eigenvalue weighted by Gasteiger charge is -2.31. The number of rotatable bonds is 6. The Balaban J connectivity index is 1.49. The van der Waals surface area contributed by atoms with Crippen LogP contribution in [0.3, 0.4) is 0 Å². The number of carbonyl (C=O) groups is 1. The number of nitrogens with zero attached hydrogens (tertiary/aromatic N) is 3. The molecule has 2 fully saturated rings. The van der Waals surface area contributed by atoms with Gasteiger partial charge in [-0.2, -0.15) is 4.98 Å². The minimum Gasteiger partial charge on any atom is -0.481 e. The van der Waals surface area contributed by atoms with E-state index in [1.54, 1.807) is 0 Å². The van der Waals surface area contributed by atoms with Gasteiger partial charge >= 0.3 is 5.97 Å². The minimum absolute atomic E-state index is 0.270. The summed E-state index contributed by atoms with van der Waals surface area (Å²) in [6.07, 6.45) is 5.63. The molecule has 0 spiro atoms. The molecule has 1 unspecified atom stereocenters. The van der Waals surface area contributed by atoms with Crippen molar-refractivity contribution in [3.63, 3.8) is 0 Å². The molecule has 0 amide bonds. The first-order valence-electron chi connectivity index (χ1n) is 7.47. The summed E-state index contributed by atoms with van der Waals surface area (Å²) in [6, 6.07) is 0. The van der Waals surface area contributed by atoms with Crippen LogP contribution in [0.15, 0.2) is 4.52 Å². The van der Waals surface area contributed by atoms with Crippen molar-refractivity contribution < 1.29 is 14.4 Å². The standard InChI is InChI=1S/C14H21N3O3/c18-13(19)6-3-10-2-1-7-17(8-10)9-12-15-14(20-16-12)11-4-5-11/h10-11H,1-9H2,(H,18,19). The van der Waals surface area contributed by atoms with Gasteiger partial charge in [0.15, 0.2) is 5.82 Å². The van der Waals surface area contributed by atoms with E-state index in [0.29, 0.717) is 11.8 Å². The van der Waals surface area contributed by atoms with E-state index in [9.17, 15) is 4.79 Å². The lowest BCUT2D eigenvalue weighted by Crippen LogP contribution is -2.35. The van der Waals surface area contributed by atoms with Crippen molar-refractivity contribution in [2.45, 2.75) is 51.0 Å². The third-order valence-corrected chi connectivity index (χ3v) is 4.14. The molecule has 2 heterocycles.